The van der Waals surface area contributed by atoms with Gasteiger partial charge >= 0.3 is 6.03 Å². The van der Waals surface area contributed by atoms with Gasteiger partial charge in [-0.1, -0.05) is 0 Å². The van der Waals surface area contributed by atoms with E-state index < -0.39 is 26.7 Å². The Bertz CT molecular complexity index is 497. The Balaban J connectivity index is 3.08. The van der Waals surface area contributed by atoms with Gasteiger partial charge in [-0.3, -0.25) is 0 Å². The topological polar surface area (TPSA) is 123 Å². The van der Waals surface area contributed by atoms with Crippen molar-refractivity contribution in [2.75, 3.05) is 0 Å². The Labute approximate surface area is 92.3 Å². The molecule has 1 aromatic heterocycles. The van der Waals surface area contributed by atoms with Crippen molar-refractivity contribution in [3.63, 3.8) is 0 Å². The van der Waals surface area contributed by atoms with Gasteiger partial charge in [0.15, 0.2) is 0 Å². The van der Waals surface area contributed by atoms with E-state index in [2.05, 4.69) is 5.73 Å². The van der Waals surface area contributed by atoms with E-state index in [0.29, 0.717) is 0 Å². The molecule has 0 aliphatic rings. The number of rotatable bonds is 3. The maximum atomic E-state index is 11.4. The number of aliphatic hydroxyl groups is 1. The van der Waals surface area contributed by atoms with Gasteiger partial charge in [-0.05, 0) is 13.8 Å². The second-order valence-corrected chi connectivity index (χ2v) is 5.30. The third kappa shape index (κ3) is 2.74. The summed E-state index contributed by atoms with van der Waals surface area (Å²) in [5.41, 5.74) is 3.73. The molecule has 8 heteroatoms. The third-order valence-corrected chi connectivity index (χ3v) is 3.00. The van der Waals surface area contributed by atoms with Crippen LogP contribution in [0.5, 0.6) is 0 Å². The summed E-state index contributed by atoms with van der Waals surface area (Å²) in [5, 5.41) is 9.10. The quantitative estimate of drug-likeness (QED) is 0.687. The van der Waals surface area contributed by atoms with Crippen LogP contribution >= 0.6 is 0 Å². The Kier molecular flexibility index (Phi) is 2.97. The lowest BCUT2D eigenvalue weighted by Gasteiger charge is -2.13. The summed E-state index contributed by atoms with van der Waals surface area (Å²) in [6.45, 7) is 2.94. The van der Waals surface area contributed by atoms with Gasteiger partial charge in [0, 0.05) is 11.6 Å². The summed E-state index contributed by atoms with van der Waals surface area (Å²) in [5.74, 6) is 0. The van der Waals surface area contributed by atoms with Gasteiger partial charge in [0.2, 0.25) is 5.09 Å². The molecule has 0 aliphatic carbocycles. The molecule has 0 bridgehead atoms. The van der Waals surface area contributed by atoms with E-state index in [4.69, 9.17) is 4.42 Å². The van der Waals surface area contributed by atoms with E-state index in [1.54, 1.807) is 0 Å². The Hall–Kier alpha value is -1.54. The number of hydrogen-bond acceptors (Lipinski definition) is 5. The van der Waals surface area contributed by atoms with E-state index in [9.17, 15) is 18.3 Å². The summed E-state index contributed by atoms with van der Waals surface area (Å²) in [6.07, 6.45) is 1.09. The standard InChI is InChI=1S/C8H12N2O5S/c1-8(2,12)5-3-6(15-4-5)16(13,14)10-7(9)11/h3-4,12H,1-2H3,(H3,9,10,11). The van der Waals surface area contributed by atoms with Crippen LogP contribution in [0.25, 0.3) is 0 Å². The van der Waals surface area contributed by atoms with Crippen LogP contribution in [-0.4, -0.2) is 19.6 Å². The van der Waals surface area contributed by atoms with Crippen LogP contribution in [0.4, 0.5) is 4.79 Å². The summed E-state index contributed by atoms with van der Waals surface area (Å²) < 4.78 is 29.1. The van der Waals surface area contributed by atoms with Gasteiger partial charge in [0.05, 0.1) is 11.9 Å². The lowest BCUT2D eigenvalue weighted by molar-refractivity contribution is 0.0779. The average molecular weight is 248 g/mol. The van der Waals surface area contributed by atoms with Gasteiger partial charge in [0.25, 0.3) is 10.0 Å². The molecule has 16 heavy (non-hydrogen) atoms. The summed E-state index contributed by atoms with van der Waals surface area (Å²) in [6, 6.07) is -0.0909. The molecule has 4 N–H and O–H groups in total. The molecule has 1 rings (SSSR count). The van der Waals surface area contributed by atoms with E-state index in [1.807, 2.05) is 0 Å². The Morgan fingerprint density at radius 1 is 1.56 bits per heavy atom. The van der Waals surface area contributed by atoms with Crippen LogP contribution in [0, 0.1) is 0 Å². The lowest BCUT2D eigenvalue weighted by atomic mass is 10.0. The molecular weight excluding hydrogens is 236 g/mol. The molecule has 7 nitrogen and oxygen atoms in total. The molecule has 90 valence electrons. The first-order valence-corrected chi connectivity index (χ1v) is 5.75. The molecule has 0 radical (unpaired) electrons. The smallest absolute Gasteiger partial charge is 0.326 e. The molecule has 1 heterocycles. The zero-order valence-electron chi connectivity index (χ0n) is 8.72. The fraction of sp³-hybridized carbons (Fsp3) is 0.375. The number of furan rings is 1. The van der Waals surface area contributed by atoms with Crippen LogP contribution in [0.3, 0.4) is 0 Å². The van der Waals surface area contributed by atoms with Gasteiger partial charge in [-0.2, -0.15) is 8.42 Å². The number of nitrogens with one attached hydrogen (secondary N) is 1. The van der Waals surface area contributed by atoms with Crippen LogP contribution in [0.1, 0.15) is 19.4 Å². The number of primary amides is 1. The van der Waals surface area contributed by atoms with Gasteiger partial charge in [-0.25, -0.2) is 9.52 Å². The zero-order valence-corrected chi connectivity index (χ0v) is 9.54. The Morgan fingerprint density at radius 2 is 2.12 bits per heavy atom. The zero-order chi connectivity index (χ0) is 12.6. The summed E-state index contributed by atoms with van der Waals surface area (Å²) in [4.78, 5) is 10.4. The van der Waals surface area contributed by atoms with Gasteiger partial charge in [0.1, 0.15) is 0 Å². The molecule has 0 fully saturated rings. The van der Waals surface area contributed by atoms with E-state index in [0.717, 1.165) is 12.3 Å². The molecule has 0 aromatic carbocycles. The number of carbonyl (C=O) groups is 1. The monoisotopic (exact) mass is 248 g/mol. The van der Waals surface area contributed by atoms with Gasteiger partial charge in [-0.15, -0.1) is 0 Å². The second kappa shape index (κ2) is 3.80. The molecule has 0 saturated carbocycles. The van der Waals surface area contributed by atoms with Crippen LogP contribution in [0.2, 0.25) is 0 Å². The van der Waals surface area contributed by atoms with Crippen molar-refractivity contribution >= 4 is 16.1 Å². The number of amides is 2. The highest BCUT2D eigenvalue weighted by molar-refractivity contribution is 7.89. The molecule has 1 aromatic rings. The van der Waals surface area contributed by atoms with Crippen molar-refractivity contribution < 1.29 is 22.7 Å². The highest BCUT2D eigenvalue weighted by atomic mass is 32.2. The first-order chi connectivity index (χ1) is 7.13. The number of nitrogens with two attached hydrogens (primary N) is 1. The van der Waals surface area contributed by atoms with Crippen LogP contribution < -0.4 is 10.5 Å². The van der Waals surface area contributed by atoms with Crippen molar-refractivity contribution in [2.24, 2.45) is 5.73 Å². The van der Waals surface area contributed by atoms with Crippen molar-refractivity contribution in [1.82, 2.24) is 4.72 Å². The summed E-state index contributed by atoms with van der Waals surface area (Å²) in [7, 11) is -4.10. The van der Waals surface area contributed by atoms with E-state index >= 15 is 0 Å². The SMILES string of the molecule is CC(C)(O)c1coc(S(=O)(=O)NC(N)=O)c1. The maximum Gasteiger partial charge on any atom is 0.326 e. The predicted molar refractivity (Wildman–Crippen MR) is 53.9 cm³/mol. The third-order valence-electron chi connectivity index (χ3n) is 1.78. The van der Waals surface area contributed by atoms with Crippen LogP contribution in [0.15, 0.2) is 21.8 Å². The summed E-state index contributed by atoms with van der Waals surface area (Å²) >= 11 is 0. The van der Waals surface area contributed by atoms with Crippen molar-refractivity contribution in [1.29, 1.82) is 0 Å². The fourth-order valence-electron chi connectivity index (χ4n) is 0.961. The molecule has 0 unspecified atom stereocenters. The molecule has 0 spiro atoms. The maximum absolute atomic E-state index is 11.4. The minimum absolute atomic E-state index is 0.275. The molecule has 0 saturated heterocycles. The average Bonchev–Trinajstić information content (AvgIpc) is 2.47. The van der Waals surface area contributed by atoms with Crippen molar-refractivity contribution in [3.05, 3.63) is 17.9 Å². The predicted octanol–water partition coefficient (Wildman–Crippen LogP) is -0.136. The number of urea groups is 1. The first-order valence-electron chi connectivity index (χ1n) is 4.26. The van der Waals surface area contributed by atoms with Gasteiger partial charge < -0.3 is 15.3 Å². The molecule has 2 amide bonds. The highest BCUT2D eigenvalue weighted by Crippen LogP contribution is 2.23. The number of sulfonamides is 1. The molecule has 0 atom stereocenters. The number of hydrogen-bond donors (Lipinski definition) is 3. The van der Waals surface area contributed by atoms with E-state index in [1.165, 1.54) is 18.6 Å². The minimum Gasteiger partial charge on any atom is -0.451 e. The van der Waals surface area contributed by atoms with Crippen molar-refractivity contribution in [2.45, 2.75) is 24.5 Å². The lowest BCUT2D eigenvalue weighted by Crippen LogP contribution is -2.34. The van der Waals surface area contributed by atoms with Crippen LogP contribution in [-0.2, 0) is 15.6 Å². The molecular formula is C8H12N2O5S. The highest BCUT2D eigenvalue weighted by Gasteiger charge is 2.25. The minimum atomic E-state index is -4.10. The number of carbonyl (C=O) groups excluding carboxylic acids is 1. The van der Waals surface area contributed by atoms with Crippen molar-refractivity contribution in [3.8, 4) is 0 Å². The fourth-order valence-corrected chi connectivity index (χ4v) is 1.78. The first kappa shape index (κ1) is 12.5. The second-order valence-electron chi connectivity index (χ2n) is 3.68. The normalized spacial score (nSPS) is 12.4. The largest absolute Gasteiger partial charge is 0.451 e. The Morgan fingerprint density at radius 3 is 2.50 bits per heavy atom. The molecule has 0 aliphatic heterocycles. The van der Waals surface area contributed by atoms with E-state index in [-0.39, 0.29) is 5.56 Å².